The number of hydrogen-bond donors (Lipinski definition) is 3. The van der Waals surface area contributed by atoms with E-state index < -0.39 is 0 Å². The zero-order valence-corrected chi connectivity index (χ0v) is 14.0. The van der Waals surface area contributed by atoms with Crippen LogP contribution >= 0.6 is 24.0 Å². The van der Waals surface area contributed by atoms with Crippen LogP contribution in [0.4, 0.5) is 5.69 Å². The topological polar surface area (TPSA) is 98.0 Å². The molecule has 0 spiro atoms. The number of hydrogen-bond acceptors (Lipinski definition) is 4. The van der Waals surface area contributed by atoms with E-state index in [9.17, 15) is 4.79 Å². The van der Waals surface area contributed by atoms with E-state index in [0.717, 1.165) is 12.1 Å². The molecule has 116 valence electrons. The summed E-state index contributed by atoms with van der Waals surface area (Å²) in [4.78, 5) is 15.0. The summed E-state index contributed by atoms with van der Waals surface area (Å²) >= 11 is 0. The molecule has 8 heteroatoms. The van der Waals surface area contributed by atoms with E-state index in [1.165, 1.54) is 0 Å². The van der Waals surface area contributed by atoms with Gasteiger partial charge < -0.3 is 25.8 Å². The third kappa shape index (κ3) is 5.29. The van der Waals surface area contributed by atoms with E-state index in [-0.39, 0.29) is 42.4 Å². The predicted octanol–water partition coefficient (Wildman–Crippen LogP) is 0.938. The Morgan fingerprint density at radius 3 is 2.76 bits per heavy atom. The van der Waals surface area contributed by atoms with E-state index >= 15 is 0 Å². The van der Waals surface area contributed by atoms with Crippen LogP contribution in [0.1, 0.15) is 6.42 Å². The highest BCUT2D eigenvalue weighted by Crippen LogP contribution is 2.32. The molecular weight excluding hydrogens is 387 g/mol. The van der Waals surface area contributed by atoms with Gasteiger partial charge in [0.2, 0.25) is 5.91 Å². The molecule has 0 fully saturated rings. The minimum Gasteiger partial charge on any atom is -0.490 e. The maximum atomic E-state index is 11.1. The fourth-order valence-corrected chi connectivity index (χ4v) is 1.66. The van der Waals surface area contributed by atoms with Gasteiger partial charge in [0.15, 0.2) is 17.5 Å². The average molecular weight is 406 g/mol. The number of guanidine groups is 1. The summed E-state index contributed by atoms with van der Waals surface area (Å²) in [5, 5.41) is 5.37. The van der Waals surface area contributed by atoms with E-state index in [1.54, 1.807) is 13.1 Å². The Labute approximate surface area is 140 Å². The number of aliphatic imine (C=N–C) groups is 1. The Hall–Kier alpha value is -1.71. The molecule has 0 saturated heterocycles. The second kappa shape index (κ2) is 8.55. The van der Waals surface area contributed by atoms with Crippen LogP contribution in [0.15, 0.2) is 23.2 Å². The van der Waals surface area contributed by atoms with Gasteiger partial charge in [-0.2, -0.15) is 0 Å². The number of halogens is 1. The number of benzene rings is 1. The molecule has 0 unspecified atom stereocenters. The Morgan fingerprint density at radius 1 is 1.33 bits per heavy atom. The summed E-state index contributed by atoms with van der Waals surface area (Å²) in [6.45, 7) is 1.26. The molecule has 0 radical (unpaired) electrons. The highest BCUT2D eigenvalue weighted by molar-refractivity contribution is 14.0. The van der Waals surface area contributed by atoms with Crippen molar-refractivity contribution >= 4 is 41.5 Å². The van der Waals surface area contributed by atoms with Gasteiger partial charge in [0.1, 0.15) is 6.54 Å². The number of carbonyl (C=O) groups excluding carboxylic acids is 1. The molecule has 0 aliphatic carbocycles. The zero-order chi connectivity index (χ0) is 14.4. The number of nitrogens with one attached hydrogen (secondary N) is 2. The van der Waals surface area contributed by atoms with Gasteiger partial charge in [0, 0.05) is 25.2 Å². The summed E-state index contributed by atoms with van der Waals surface area (Å²) in [6.07, 6.45) is 0.854. The lowest BCUT2D eigenvalue weighted by Crippen LogP contribution is -2.27. The van der Waals surface area contributed by atoms with Gasteiger partial charge in [-0.1, -0.05) is 0 Å². The molecule has 7 nitrogen and oxygen atoms in total. The SMILES string of the molecule is CNC(=O)CN=C(N)Nc1ccc2c(c1)OCCCO2.I. The molecule has 1 heterocycles. The number of nitrogens with two attached hydrogens (primary N) is 1. The Balaban J connectivity index is 0.00000220. The third-order valence-electron chi connectivity index (χ3n) is 2.69. The van der Waals surface area contributed by atoms with E-state index in [0.29, 0.717) is 24.7 Å². The molecule has 0 aromatic heterocycles. The Bertz CT molecular complexity index is 522. The summed E-state index contributed by atoms with van der Waals surface area (Å²) in [7, 11) is 1.55. The van der Waals surface area contributed by atoms with Crippen molar-refractivity contribution in [3.63, 3.8) is 0 Å². The molecule has 1 aliphatic rings. The summed E-state index contributed by atoms with van der Waals surface area (Å²) in [5.74, 6) is 1.36. The number of ether oxygens (including phenoxy) is 2. The molecule has 1 amide bonds. The van der Waals surface area contributed by atoms with Crippen molar-refractivity contribution in [3.05, 3.63) is 18.2 Å². The Morgan fingerprint density at radius 2 is 2.05 bits per heavy atom. The first kappa shape index (κ1) is 17.3. The standard InChI is InChI=1S/C13H18N4O3.HI/c1-15-12(18)8-16-13(14)17-9-3-4-10-11(7-9)20-6-2-5-19-10;/h3-4,7H,2,5-6,8H2,1H3,(H,15,18)(H3,14,16,17);1H. The number of anilines is 1. The predicted molar refractivity (Wildman–Crippen MR) is 91.6 cm³/mol. The van der Waals surface area contributed by atoms with Crippen LogP contribution in [0.3, 0.4) is 0 Å². The summed E-state index contributed by atoms with van der Waals surface area (Å²) in [5.41, 5.74) is 6.43. The quantitative estimate of drug-likeness (QED) is 0.394. The molecule has 1 aromatic carbocycles. The number of amides is 1. The third-order valence-corrected chi connectivity index (χ3v) is 2.69. The van der Waals surface area contributed by atoms with Gasteiger partial charge in [-0.25, -0.2) is 4.99 Å². The lowest BCUT2D eigenvalue weighted by atomic mass is 10.3. The van der Waals surface area contributed by atoms with Crippen molar-refractivity contribution in [2.45, 2.75) is 6.42 Å². The van der Waals surface area contributed by atoms with Crippen LogP contribution in [0.2, 0.25) is 0 Å². The fourth-order valence-electron chi connectivity index (χ4n) is 1.66. The summed E-state index contributed by atoms with van der Waals surface area (Å²) in [6, 6.07) is 5.42. The maximum Gasteiger partial charge on any atom is 0.241 e. The van der Waals surface area contributed by atoms with Crippen LogP contribution in [0.5, 0.6) is 11.5 Å². The first-order chi connectivity index (χ1) is 9.69. The van der Waals surface area contributed by atoms with Crippen LogP contribution in [-0.2, 0) is 4.79 Å². The van der Waals surface area contributed by atoms with Gasteiger partial charge in [-0.3, -0.25) is 4.79 Å². The number of fused-ring (bicyclic) bond motifs is 1. The van der Waals surface area contributed by atoms with Crippen LogP contribution in [0, 0.1) is 0 Å². The molecule has 0 bridgehead atoms. The number of nitrogens with zero attached hydrogens (tertiary/aromatic N) is 1. The zero-order valence-electron chi connectivity index (χ0n) is 11.7. The minimum atomic E-state index is -0.201. The summed E-state index contributed by atoms with van der Waals surface area (Å²) < 4.78 is 11.1. The van der Waals surface area contributed by atoms with Crippen molar-refractivity contribution in [1.82, 2.24) is 5.32 Å². The van der Waals surface area contributed by atoms with Gasteiger partial charge in [0.05, 0.1) is 13.2 Å². The first-order valence-electron chi connectivity index (χ1n) is 6.36. The average Bonchev–Trinajstić information content (AvgIpc) is 2.69. The normalized spacial score (nSPS) is 13.7. The second-order valence-corrected chi connectivity index (χ2v) is 4.21. The van der Waals surface area contributed by atoms with Crippen LogP contribution in [-0.4, -0.2) is 38.7 Å². The van der Waals surface area contributed by atoms with Gasteiger partial charge in [-0.15, -0.1) is 24.0 Å². The van der Waals surface area contributed by atoms with Crippen molar-refractivity contribution in [1.29, 1.82) is 0 Å². The highest BCUT2D eigenvalue weighted by atomic mass is 127. The van der Waals surface area contributed by atoms with Gasteiger partial charge in [0.25, 0.3) is 0 Å². The van der Waals surface area contributed by atoms with E-state index in [1.807, 2.05) is 12.1 Å². The van der Waals surface area contributed by atoms with Crippen LogP contribution < -0.4 is 25.8 Å². The largest absolute Gasteiger partial charge is 0.490 e. The van der Waals surface area contributed by atoms with E-state index in [4.69, 9.17) is 15.2 Å². The fraction of sp³-hybridized carbons (Fsp3) is 0.385. The first-order valence-corrected chi connectivity index (χ1v) is 6.36. The smallest absolute Gasteiger partial charge is 0.241 e. The highest BCUT2D eigenvalue weighted by Gasteiger charge is 2.10. The molecule has 4 N–H and O–H groups in total. The number of likely N-dealkylation sites (N-methyl/N-ethyl adjacent to an activating group) is 1. The van der Waals surface area contributed by atoms with Crippen molar-refractivity contribution in [2.75, 3.05) is 32.1 Å². The molecule has 1 aromatic rings. The maximum absolute atomic E-state index is 11.1. The Kier molecular flexibility index (Phi) is 7.06. The van der Waals surface area contributed by atoms with Crippen molar-refractivity contribution < 1.29 is 14.3 Å². The number of carbonyl (C=O) groups is 1. The van der Waals surface area contributed by atoms with Crippen LogP contribution in [0.25, 0.3) is 0 Å². The molecule has 2 rings (SSSR count). The van der Waals surface area contributed by atoms with Gasteiger partial charge in [-0.05, 0) is 12.1 Å². The van der Waals surface area contributed by atoms with Crippen molar-refractivity contribution in [2.24, 2.45) is 10.7 Å². The lowest BCUT2D eigenvalue weighted by Gasteiger charge is -2.10. The van der Waals surface area contributed by atoms with E-state index in [2.05, 4.69) is 15.6 Å². The monoisotopic (exact) mass is 406 g/mol. The van der Waals surface area contributed by atoms with Gasteiger partial charge >= 0.3 is 0 Å². The second-order valence-electron chi connectivity index (χ2n) is 4.21. The molecular formula is C13H19IN4O3. The molecule has 21 heavy (non-hydrogen) atoms. The molecule has 1 aliphatic heterocycles. The number of rotatable bonds is 3. The molecule has 0 atom stereocenters. The molecule has 0 saturated carbocycles. The van der Waals surface area contributed by atoms with Crippen molar-refractivity contribution in [3.8, 4) is 11.5 Å². The lowest BCUT2D eigenvalue weighted by molar-refractivity contribution is -0.119. The minimum absolute atomic E-state index is 0.